The van der Waals surface area contributed by atoms with E-state index >= 15 is 0 Å². The van der Waals surface area contributed by atoms with Crippen LogP contribution in [-0.4, -0.2) is 21.5 Å². The van der Waals surface area contributed by atoms with Crippen LogP contribution in [-0.2, 0) is 0 Å². The number of anilines is 6. The van der Waals surface area contributed by atoms with Crippen LogP contribution in [0.5, 0.6) is 0 Å². The number of nitrogens with one attached hydrogen (secondary N) is 2. The van der Waals surface area contributed by atoms with Crippen LogP contribution in [0, 0.1) is 11.6 Å². The highest BCUT2D eigenvalue weighted by Crippen LogP contribution is 2.27. The maximum atomic E-state index is 13.9. The van der Waals surface area contributed by atoms with E-state index in [2.05, 4.69) is 20.6 Å². The van der Waals surface area contributed by atoms with Gasteiger partial charge < -0.3 is 22.1 Å². The highest BCUT2D eigenvalue weighted by atomic mass is 19.1. The summed E-state index contributed by atoms with van der Waals surface area (Å²) < 4.78 is 26.9. The van der Waals surface area contributed by atoms with Crippen LogP contribution in [0.15, 0.2) is 134 Å². The number of nitrogens with two attached hydrogens (primary N) is 2. The Labute approximate surface area is 263 Å². The number of hydrogen-bond acceptors (Lipinski definition) is 8. The molecule has 0 atom stereocenters. The predicted octanol–water partition coefficient (Wildman–Crippen LogP) is 7.56. The first kappa shape index (κ1) is 31.0. The normalized spacial score (nSPS) is 10.3. The molecule has 8 nitrogen and oxygen atoms in total. The van der Waals surface area contributed by atoms with Crippen LogP contribution in [0.2, 0.25) is 0 Å². The predicted molar refractivity (Wildman–Crippen MR) is 176 cm³/mol. The first-order chi connectivity index (χ1) is 22.3. The van der Waals surface area contributed by atoms with Crippen LogP contribution in [0.25, 0.3) is 0 Å². The van der Waals surface area contributed by atoms with Gasteiger partial charge in [0.25, 0.3) is 0 Å². The highest BCUT2D eigenvalue weighted by Gasteiger charge is 2.18. The molecule has 0 saturated heterocycles. The van der Waals surface area contributed by atoms with Gasteiger partial charge in [0.15, 0.2) is 23.2 Å². The van der Waals surface area contributed by atoms with E-state index in [0.717, 1.165) is 0 Å². The number of ketones is 2. The summed E-state index contributed by atoms with van der Waals surface area (Å²) in [5.74, 6) is -0.615. The van der Waals surface area contributed by atoms with Gasteiger partial charge in [-0.25, -0.2) is 18.7 Å². The van der Waals surface area contributed by atoms with E-state index in [9.17, 15) is 18.4 Å². The number of rotatable bonds is 8. The van der Waals surface area contributed by atoms with Gasteiger partial charge in [0.1, 0.15) is 11.6 Å². The minimum absolute atomic E-state index is 0.0238. The van der Waals surface area contributed by atoms with Crippen molar-refractivity contribution in [3.05, 3.63) is 168 Å². The fourth-order valence-corrected chi connectivity index (χ4v) is 4.43. The number of halogens is 2. The second-order valence-corrected chi connectivity index (χ2v) is 9.87. The van der Waals surface area contributed by atoms with Crippen LogP contribution in [0.4, 0.5) is 43.2 Å². The molecule has 0 saturated carbocycles. The molecule has 0 bridgehead atoms. The molecule has 0 amide bonds. The van der Waals surface area contributed by atoms with Crippen molar-refractivity contribution in [2.75, 3.05) is 22.1 Å². The van der Waals surface area contributed by atoms with Crippen molar-refractivity contribution in [3.8, 4) is 0 Å². The van der Waals surface area contributed by atoms with E-state index in [-0.39, 0.29) is 17.2 Å². The number of hydrogen-bond donors (Lipinski definition) is 4. The van der Waals surface area contributed by atoms with Gasteiger partial charge >= 0.3 is 0 Å². The number of para-hydroxylation sites is 2. The Morgan fingerprint density at radius 2 is 0.978 bits per heavy atom. The SMILES string of the molecule is Nc1cccnc1Nc1ccccc1C(=O)c1ccc(F)cc1.Nc1cccnc1Nc1ccccc1C(=O)c1ccccc1F. The summed E-state index contributed by atoms with van der Waals surface area (Å²) in [6.45, 7) is 0. The van der Waals surface area contributed by atoms with E-state index < -0.39 is 11.6 Å². The van der Waals surface area contributed by atoms with E-state index in [4.69, 9.17) is 11.5 Å². The quantitative estimate of drug-likeness (QED) is 0.129. The van der Waals surface area contributed by atoms with Crippen LogP contribution in [0.1, 0.15) is 31.8 Å². The molecule has 2 heterocycles. The van der Waals surface area contributed by atoms with Crippen molar-refractivity contribution in [1.82, 2.24) is 9.97 Å². The van der Waals surface area contributed by atoms with Gasteiger partial charge in [0, 0.05) is 29.1 Å². The third-order valence-electron chi connectivity index (χ3n) is 6.75. The smallest absolute Gasteiger partial charge is 0.198 e. The number of carbonyl (C=O) groups is 2. The van der Waals surface area contributed by atoms with Crippen molar-refractivity contribution in [2.45, 2.75) is 0 Å². The average Bonchev–Trinajstić information content (AvgIpc) is 3.08. The third kappa shape index (κ3) is 7.37. The summed E-state index contributed by atoms with van der Waals surface area (Å²) >= 11 is 0. The average molecular weight is 615 g/mol. The summed E-state index contributed by atoms with van der Waals surface area (Å²) in [5, 5.41) is 6.10. The molecule has 4 aromatic carbocycles. The van der Waals surface area contributed by atoms with Gasteiger partial charge in [-0.05, 0) is 84.9 Å². The fourth-order valence-electron chi connectivity index (χ4n) is 4.43. The maximum Gasteiger partial charge on any atom is 0.198 e. The summed E-state index contributed by atoms with van der Waals surface area (Å²) in [6.07, 6.45) is 3.21. The zero-order valence-electron chi connectivity index (χ0n) is 24.3. The Bertz CT molecular complexity index is 2000. The number of pyridine rings is 2. The molecule has 0 aliphatic rings. The molecule has 0 spiro atoms. The molecular formula is C36H28F2N6O2. The monoisotopic (exact) mass is 614 g/mol. The Kier molecular flexibility index (Phi) is 9.69. The van der Waals surface area contributed by atoms with Gasteiger partial charge in [-0.3, -0.25) is 9.59 Å². The molecule has 0 aliphatic heterocycles. The number of aromatic nitrogens is 2. The highest BCUT2D eigenvalue weighted by molar-refractivity contribution is 6.13. The fraction of sp³-hybridized carbons (Fsp3) is 0. The standard InChI is InChI=1S/2C18H14FN3O/c19-14-8-3-1-6-12(14)17(23)13-7-2-4-10-16(13)22-18-15(20)9-5-11-21-18;19-13-9-7-12(8-10-13)17(23)14-4-1-2-6-16(14)22-18-15(20)5-3-11-21-18/h2*1-11H,20H2,(H,21,22). The Morgan fingerprint density at radius 1 is 0.522 bits per heavy atom. The van der Waals surface area contributed by atoms with Crippen LogP contribution < -0.4 is 22.1 Å². The molecule has 46 heavy (non-hydrogen) atoms. The van der Waals surface area contributed by atoms with E-state index in [1.807, 2.05) is 6.07 Å². The molecule has 0 unspecified atom stereocenters. The number of nitrogen functional groups attached to an aromatic ring is 2. The van der Waals surface area contributed by atoms with E-state index in [0.29, 0.717) is 51.1 Å². The van der Waals surface area contributed by atoms with Gasteiger partial charge in [-0.15, -0.1) is 0 Å². The zero-order valence-corrected chi connectivity index (χ0v) is 24.3. The first-order valence-electron chi connectivity index (χ1n) is 14.0. The van der Waals surface area contributed by atoms with Gasteiger partial charge in [-0.1, -0.05) is 36.4 Å². The molecule has 228 valence electrons. The third-order valence-corrected chi connectivity index (χ3v) is 6.75. The first-order valence-corrected chi connectivity index (χ1v) is 14.0. The Hall–Kier alpha value is -6.42. The lowest BCUT2D eigenvalue weighted by Crippen LogP contribution is -2.08. The molecule has 0 radical (unpaired) electrons. The van der Waals surface area contributed by atoms with Crippen molar-refractivity contribution in [2.24, 2.45) is 0 Å². The summed E-state index contributed by atoms with van der Waals surface area (Å²) in [5.41, 5.74) is 15.0. The summed E-state index contributed by atoms with van der Waals surface area (Å²) in [7, 11) is 0. The van der Waals surface area contributed by atoms with E-state index in [1.165, 1.54) is 36.4 Å². The summed E-state index contributed by atoms with van der Waals surface area (Å²) in [4.78, 5) is 33.6. The minimum atomic E-state index is -0.551. The van der Waals surface area contributed by atoms with Crippen molar-refractivity contribution >= 4 is 46.0 Å². The molecular weight excluding hydrogens is 586 g/mol. The lowest BCUT2D eigenvalue weighted by atomic mass is 10.0. The lowest BCUT2D eigenvalue weighted by molar-refractivity contribution is 0.102. The second-order valence-electron chi connectivity index (χ2n) is 9.87. The van der Waals surface area contributed by atoms with Crippen molar-refractivity contribution in [3.63, 3.8) is 0 Å². The molecule has 0 aliphatic carbocycles. The number of nitrogens with zero attached hydrogens (tertiary/aromatic N) is 2. The molecule has 6 N–H and O–H groups in total. The topological polar surface area (TPSA) is 136 Å². The van der Waals surface area contributed by atoms with Crippen LogP contribution in [0.3, 0.4) is 0 Å². The zero-order chi connectivity index (χ0) is 32.5. The molecule has 10 heteroatoms. The van der Waals surface area contributed by atoms with Gasteiger partial charge in [0.05, 0.1) is 28.3 Å². The molecule has 6 rings (SSSR count). The van der Waals surface area contributed by atoms with Gasteiger partial charge in [-0.2, -0.15) is 0 Å². The number of carbonyl (C=O) groups excluding carboxylic acids is 2. The molecule has 2 aromatic heterocycles. The molecule has 6 aromatic rings. The molecule has 0 fully saturated rings. The minimum Gasteiger partial charge on any atom is -0.396 e. The second kappa shape index (κ2) is 14.4. The largest absolute Gasteiger partial charge is 0.396 e. The van der Waals surface area contributed by atoms with Crippen molar-refractivity contribution < 1.29 is 18.4 Å². The maximum absolute atomic E-state index is 13.9. The Balaban J connectivity index is 0.000000181. The van der Waals surface area contributed by atoms with E-state index in [1.54, 1.807) is 91.3 Å². The van der Waals surface area contributed by atoms with Gasteiger partial charge in [0.2, 0.25) is 0 Å². The van der Waals surface area contributed by atoms with Crippen molar-refractivity contribution in [1.29, 1.82) is 0 Å². The lowest BCUT2D eigenvalue weighted by Gasteiger charge is -2.12. The number of benzene rings is 4. The summed E-state index contributed by atoms with van der Waals surface area (Å²) in [6, 6.07) is 32.1. The van der Waals surface area contributed by atoms with Crippen LogP contribution >= 0.6 is 0 Å². The Morgan fingerprint density at radius 3 is 1.48 bits per heavy atom.